The Bertz CT molecular complexity index is 765. The fourth-order valence-corrected chi connectivity index (χ4v) is 5.22. The van der Waals surface area contributed by atoms with Gasteiger partial charge in [0.15, 0.2) is 0 Å². The maximum Gasteiger partial charge on any atom is 0.329 e. The normalized spacial score (nSPS) is 11.6. The molecule has 0 aliphatic rings. The van der Waals surface area contributed by atoms with Gasteiger partial charge in [-0.2, -0.15) is 12.6 Å². The minimum Gasteiger partial charge on any atom is -0.467 e. The predicted octanol–water partition coefficient (Wildman–Crippen LogP) is 1.21. The van der Waals surface area contributed by atoms with Gasteiger partial charge in [-0.15, -0.1) is 0 Å². The Labute approximate surface area is 177 Å². The smallest absolute Gasteiger partial charge is 0.329 e. The molecule has 154 valence electrons. The topological polar surface area (TPSA) is 84.5 Å². The number of carbonyl (C=O) groups excluding carboxylic acids is 3. The molecule has 0 unspecified atom stereocenters. The molecule has 1 atom stereocenters. The van der Waals surface area contributed by atoms with Crippen molar-refractivity contribution in [2.45, 2.75) is 12.5 Å². The van der Waals surface area contributed by atoms with Crippen molar-refractivity contribution in [2.24, 2.45) is 0 Å². The molecule has 2 N–H and O–H groups in total. The lowest BCUT2D eigenvalue weighted by molar-refractivity contribution is -0.144. The van der Waals surface area contributed by atoms with Gasteiger partial charge >= 0.3 is 5.97 Å². The molecule has 0 aliphatic heterocycles. The van der Waals surface area contributed by atoms with Crippen molar-refractivity contribution in [1.29, 1.82) is 0 Å². The van der Waals surface area contributed by atoms with Crippen LogP contribution in [0.2, 0.25) is 0 Å². The number of amides is 2. The molecule has 2 rings (SSSR count). The van der Waals surface area contributed by atoms with Gasteiger partial charge in [0.25, 0.3) is 0 Å². The summed E-state index contributed by atoms with van der Waals surface area (Å²) in [7, 11) is 0.571. The van der Waals surface area contributed by atoms with Gasteiger partial charge in [0, 0.05) is 12.2 Å². The first-order valence-electron chi connectivity index (χ1n) is 9.17. The van der Waals surface area contributed by atoms with Crippen molar-refractivity contribution in [2.75, 3.05) is 25.6 Å². The number of hydrogen-bond acceptors (Lipinski definition) is 5. The van der Waals surface area contributed by atoms with Gasteiger partial charge < -0.3 is 15.4 Å². The van der Waals surface area contributed by atoms with Crippen molar-refractivity contribution in [3.63, 3.8) is 0 Å². The average Bonchev–Trinajstić information content (AvgIpc) is 2.77. The summed E-state index contributed by atoms with van der Waals surface area (Å²) in [6, 6.07) is 19.4. The summed E-state index contributed by atoms with van der Waals surface area (Å²) in [4.78, 5) is 35.7. The molecule has 0 saturated heterocycles. The predicted molar refractivity (Wildman–Crippen MR) is 119 cm³/mol. The zero-order valence-corrected chi connectivity index (χ0v) is 18.0. The van der Waals surface area contributed by atoms with Crippen LogP contribution in [0.5, 0.6) is 0 Å². The monoisotopic (exact) mass is 432 g/mol. The van der Waals surface area contributed by atoms with Crippen LogP contribution in [-0.4, -0.2) is 49.4 Å². The number of rotatable bonds is 10. The molecule has 0 aliphatic carbocycles. The van der Waals surface area contributed by atoms with Gasteiger partial charge in [0.1, 0.15) is 6.04 Å². The lowest BCUT2D eigenvalue weighted by Crippen LogP contribution is -2.47. The van der Waals surface area contributed by atoms with Crippen LogP contribution in [0, 0.1) is 0 Å². The zero-order chi connectivity index (χ0) is 21.1. The Morgan fingerprint density at radius 2 is 1.52 bits per heavy atom. The van der Waals surface area contributed by atoms with E-state index >= 15 is 0 Å². The molecule has 2 aromatic rings. The van der Waals surface area contributed by atoms with Crippen molar-refractivity contribution in [3.05, 3.63) is 60.7 Å². The summed E-state index contributed by atoms with van der Waals surface area (Å²) >= 11 is 4.02. The molecule has 29 heavy (non-hydrogen) atoms. The average molecular weight is 432 g/mol. The molecule has 0 heterocycles. The van der Waals surface area contributed by atoms with Crippen LogP contribution >= 0.6 is 20.6 Å². The largest absolute Gasteiger partial charge is 0.467 e. The minimum absolute atomic E-state index is 0.116. The maximum absolute atomic E-state index is 12.3. The Morgan fingerprint density at radius 3 is 2.00 bits per heavy atom. The number of esters is 1. The fourth-order valence-electron chi connectivity index (χ4n) is 2.67. The third-order valence-corrected chi connectivity index (χ3v) is 7.03. The molecule has 2 aromatic carbocycles. The quantitative estimate of drug-likeness (QED) is 0.299. The Hall–Kier alpha value is -2.37. The number of ether oxygens (including phenoxy) is 1. The van der Waals surface area contributed by atoms with E-state index in [-0.39, 0.29) is 18.2 Å². The minimum atomic E-state index is -0.836. The van der Waals surface area contributed by atoms with E-state index in [1.165, 1.54) is 17.7 Å². The summed E-state index contributed by atoms with van der Waals surface area (Å²) in [5, 5.41) is 7.50. The first kappa shape index (κ1) is 22.9. The van der Waals surface area contributed by atoms with Crippen molar-refractivity contribution in [1.82, 2.24) is 10.6 Å². The second-order valence-corrected chi connectivity index (χ2v) is 8.88. The van der Waals surface area contributed by atoms with Crippen LogP contribution in [0.3, 0.4) is 0 Å². The van der Waals surface area contributed by atoms with E-state index in [4.69, 9.17) is 0 Å². The highest BCUT2D eigenvalue weighted by Crippen LogP contribution is 2.33. The number of methoxy groups -OCH3 is 1. The maximum atomic E-state index is 12.3. The van der Waals surface area contributed by atoms with Crippen LogP contribution in [-0.2, 0) is 19.1 Å². The summed E-state index contributed by atoms with van der Waals surface area (Å²) in [5.74, 6) is -1.13. The molecule has 0 fully saturated rings. The van der Waals surface area contributed by atoms with Gasteiger partial charge in [-0.25, -0.2) is 4.79 Å². The molecule has 8 heteroatoms. The van der Waals surface area contributed by atoms with E-state index in [0.717, 1.165) is 0 Å². The Balaban J connectivity index is 1.89. The first-order valence-corrected chi connectivity index (χ1v) is 11.3. The molecule has 0 saturated carbocycles. The zero-order valence-electron chi connectivity index (χ0n) is 16.2. The van der Waals surface area contributed by atoms with Gasteiger partial charge in [0.2, 0.25) is 11.8 Å². The summed E-state index contributed by atoms with van der Waals surface area (Å²) in [6.45, 7) is -0.200. The van der Waals surface area contributed by atoms with Crippen molar-refractivity contribution < 1.29 is 19.1 Å². The molecule has 0 radical (unpaired) electrons. The van der Waals surface area contributed by atoms with Crippen molar-refractivity contribution >= 4 is 48.9 Å². The summed E-state index contributed by atoms with van der Waals surface area (Å²) in [5.41, 5.74) is 0. The van der Waals surface area contributed by atoms with Gasteiger partial charge in [-0.1, -0.05) is 60.7 Å². The van der Waals surface area contributed by atoms with E-state index in [0.29, 0.717) is 12.6 Å². The SMILES string of the molecule is COC(=O)[C@H](CS)NC(=O)CNC(=O)CCP(c1ccccc1)c1ccccc1. The van der Waals surface area contributed by atoms with E-state index in [2.05, 4.69) is 52.3 Å². The van der Waals surface area contributed by atoms with E-state index < -0.39 is 25.8 Å². The highest BCUT2D eigenvalue weighted by molar-refractivity contribution is 7.80. The Kier molecular flexibility index (Phi) is 9.68. The molecule has 6 nitrogen and oxygen atoms in total. The highest BCUT2D eigenvalue weighted by atomic mass is 32.1. The van der Waals surface area contributed by atoms with Gasteiger partial charge in [-0.3, -0.25) is 9.59 Å². The third kappa shape index (κ3) is 7.52. The lowest BCUT2D eigenvalue weighted by atomic mass is 10.3. The third-order valence-electron chi connectivity index (χ3n) is 4.15. The molecule has 0 spiro atoms. The summed E-state index contributed by atoms with van der Waals surface area (Å²) < 4.78 is 4.59. The lowest BCUT2D eigenvalue weighted by Gasteiger charge is -2.18. The van der Waals surface area contributed by atoms with Crippen LogP contribution in [0.1, 0.15) is 6.42 Å². The van der Waals surface area contributed by atoms with E-state index in [1.807, 2.05) is 36.4 Å². The van der Waals surface area contributed by atoms with E-state index in [9.17, 15) is 14.4 Å². The van der Waals surface area contributed by atoms with Crippen LogP contribution in [0.4, 0.5) is 0 Å². The standard InChI is InChI=1S/C21H25N2O4PS/c1-27-21(26)18(15-29)23-20(25)14-22-19(24)12-13-28(16-8-4-2-5-9-16)17-10-6-3-7-11-17/h2-11,18,29H,12-15H2,1H3,(H,22,24)(H,23,25)/t18-/m0/s1. The number of benzene rings is 2. The molecule has 0 aromatic heterocycles. The second kappa shape index (κ2) is 12.2. The number of carbonyl (C=O) groups is 3. The van der Waals surface area contributed by atoms with Crippen LogP contribution in [0.25, 0.3) is 0 Å². The highest BCUT2D eigenvalue weighted by Gasteiger charge is 2.20. The van der Waals surface area contributed by atoms with Crippen LogP contribution < -0.4 is 21.2 Å². The fraction of sp³-hybridized carbons (Fsp3) is 0.286. The molecular formula is C21H25N2O4PS. The van der Waals surface area contributed by atoms with Gasteiger partial charge in [0.05, 0.1) is 13.7 Å². The van der Waals surface area contributed by atoms with Crippen LogP contribution in [0.15, 0.2) is 60.7 Å². The molecular weight excluding hydrogens is 407 g/mol. The van der Waals surface area contributed by atoms with Gasteiger partial charge in [-0.05, 0) is 24.7 Å². The van der Waals surface area contributed by atoms with Crippen molar-refractivity contribution in [3.8, 4) is 0 Å². The first-order chi connectivity index (χ1) is 14.0. The Morgan fingerprint density at radius 1 is 0.966 bits per heavy atom. The summed E-state index contributed by atoms with van der Waals surface area (Å²) in [6.07, 6.45) is 0.980. The second-order valence-electron chi connectivity index (χ2n) is 6.18. The molecule has 2 amide bonds. The van der Waals surface area contributed by atoms with E-state index in [1.54, 1.807) is 0 Å². The molecule has 0 bridgehead atoms. The number of thiol groups is 1. The number of hydrogen-bond donors (Lipinski definition) is 3. The number of nitrogens with one attached hydrogen (secondary N) is 2.